The molecule has 4 nitrogen and oxygen atoms in total. The van der Waals surface area contributed by atoms with Gasteiger partial charge in [-0.3, -0.25) is 9.59 Å². The Labute approximate surface area is 130 Å². The van der Waals surface area contributed by atoms with Gasteiger partial charge in [-0.1, -0.05) is 67.6 Å². The molecule has 0 aliphatic heterocycles. The number of carbonyl (C=O) groups excluding carboxylic acids is 2. The Morgan fingerprint density at radius 3 is 2.05 bits per heavy atom. The Balaban J connectivity index is 1.76. The Bertz CT molecular complexity index is 611. The molecule has 22 heavy (non-hydrogen) atoms. The van der Waals surface area contributed by atoms with Crippen molar-refractivity contribution in [3.05, 3.63) is 71.8 Å². The molecule has 2 aromatic carbocycles. The molecule has 0 saturated carbocycles. The summed E-state index contributed by atoms with van der Waals surface area (Å²) in [6, 6.07) is 19.4. The van der Waals surface area contributed by atoms with Crippen molar-refractivity contribution >= 4 is 11.8 Å². The van der Waals surface area contributed by atoms with Crippen LogP contribution in [0.5, 0.6) is 0 Å². The van der Waals surface area contributed by atoms with Crippen molar-refractivity contribution in [2.24, 2.45) is 0 Å². The van der Waals surface area contributed by atoms with E-state index in [0.717, 1.165) is 11.1 Å². The minimum atomic E-state index is -0.607. The number of hydrogen-bond donors (Lipinski definition) is 2. The van der Waals surface area contributed by atoms with Gasteiger partial charge in [-0.2, -0.15) is 0 Å². The summed E-state index contributed by atoms with van der Waals surface area (Å²) in [6.45, 7) is 2.79. The third kappa shape index (κ3) is 4.74. The second kappa shape index (κ2) is 7.98. The standard InChI is InChI=1S/C18H20N2O2/c1-14(16-10-6-3-7-11-16)12-19-17(21)18(22)20-13-15-8-4-2-5-9-15/h2-11,14H,12-13H2,1H3,(H,19,21)(H,20,22)/t14-/m1/s1. The summed E-state index contributed by atoms with van der Waals surface area (Å²) in [5, 5.41) is 5.28. The highest BCUT2D eigenvalue weighted by molar-refractivity contribution is 6.35. The van der Waals surface area contributed by atoms with Crippen LogP contribution in [0.15, 0.2) is 60.7 Å². The van der Waals surface area contributed by atoms with Crippen LogP contribution >= 0.6 is 0 Å². The van der Waals surface area contributed by atoms with E-state index in [-0.39, 0.29) is 5.92 Å². The van der Waals surface area contributed by atoms with Crippen LogP contribution in [-0.2, 0) is 16.1 Å². The lowest BCUT2D eigenvalue weighted by Gasteiger charge is -2.13. The quantitative estimate of drug-likeness (QED) is 0.831. The minimum Gasteiger partial charge on any atom is -0.347 e. The average Bonchev–Trinajstić information content (AvgIpc) is 2.58. The predicted octanol–water partition coefficient (Wildman–Crippen LogP) is 2.22. The molecule has 0 aromatic heterocycles. The maximum atomic E-state index is 11.8. The molecule has 0 fully saturated rings. The van der Waals surface area contributed by atoms with Crippen molar-refractivity contribution in [1.82, 2.24) is 10.6 Å². The van der Waals surface area contributed by atoms with Crippen LogP contribution in [0.3, 0.4) is 0 Å². The Morgan fingerprint density at radius 1 is 0.864 bits per heavy atom. The van der Waals surface area contributed by atoms with Crippen molar-refractivity contribution in [1.29, 1.82) is 0 Å². The molecule has 0 saturated heterocycles. The summed E-state index contributed by atoms with van der Waals surface area (Å²) in [5.41, 5.74) is 2.09. The molecule has 2 rings (SSSR count). The number of amides is 2. The number of carbonyl (C=O) groups is 2. The SMILES string of the molecule is C[C@H](CNC(=O)C(=O)NCc1ccccc1)c1ccccc1. The molecule has 0 aliphatic carbocycles. The van der Waals surface area contributed by atoms with Gasteiger partial charge in [0, 0.05) is 13.1 Å². The molecule has 114 valence electrons. The predicted molar refractivity (Wildman–Crippen MR) is 86.2 cm³/mol. The van der Waals surface area contributed by atoms with E-state index in [9.17, 15) is 9.59 Å². The first-order chi connectivity index (χ1) is 10.7. The molecule has 1 atom stereocenters. The minimum absolute atomic E-state index is 0.159. The van der Waals surface area contributed by atoms with Crippen molar-refractivity contribution < 1.29 is 9.59 Å². The summed E-state index contributed by atoms with van der Waals surface area (Å²) in [5.74, 6) is -1.05. The van der Waals surface area contributed by atoms with E-state index >= 15 is 0 Å². The maximum absolute atomic E-state index is 11.8. The van der Waals surface area contributed by atoms with Crippen LogP contribution in [0.4, 0.5) is 0 Å². The van der Waals surface area contributed by atoms with Gasteiger partial charge in [0.15, 0.2) is 0 Å². The molecule has 0 spiro atoms. The van der Waals surface area contributed by atoms with E-state index in [1.807, 2.05) is 67.6 Å². The summed E-state index contributed by atoms with van der Waals surface area (Å²) in [7, 11) is 0. The first-order valence-electron chi connectivity index (χ1n) is 7.31. The van der Waals surface area contributed by atoms with E-state index in [1.165, 1.54) is 0 Å². The smallest absolute Gasteiger partial charge is 0.309 e. The number of nitrogens with one attached hydrogen (secondary N) is 2. The lowest BCUT2D eigenvalue weighted by atomic mass is 10.0. The third-order valence-electron chi connectivity index (χ3n) is 3.44. The Hall–Kier alpha value is -2.62. The fourth-order valence-corrected chi connectivity index (χ4v) is 2.08. The molecule has 2 N–H and O–H groups in total. The second-order valence-electron chi connectivity index (χ2n) is 5.19. The first-order valence-corrected chi connectivity index (χ1v) is 7.31. The van der Waals surface area contributed by atoms with E-state index in [2.05, 4.69) is 10.6 Å². The van der Waals surface area contributed by atoms with Gasteiger partial charge in [-0.05, 0) is 17.0 Å². The van der Waals surface area contributed by atoms with E-state index in [1.54, 1.807) is 0 Å². The Kier molecular flexibility index (Phi) is 5.72. The molecule has 0 aliphatic rings. The second-order valence-corrected chi connectivity index (χ2v) is 5.19. The zero-order chi connectivity index (χ0) is 15.8. The molecule has 2 aromatic rings. The molecular formula is C18H20N2O2. The molecule has 4 heteroatoms. The highest BCUT2D eigenvalue weighted by Gasteiger charge is 2.14. The van der Waals surface area contributed by atoms with Crippen LogP contribution in [-0.4, -0.2) is 18.4 Å². The molecule has 0 unspecified atom stereocenters. The zero-order valence-electron chi connectivity index (χ0n) is 12.6. The van der Waals surface area contributed by atoms with Crippen LogP contribution < -0.4 is 10.6 Å². The summed E-state index contributed by atoms with van der Waals surface area (Å²) >= 11 is 0. The van der Waals surface area contributed by atoms with Gasteiger partial charge in [-0.25, -0.2) is 0 Å². The average molecular weight is 296 g/mol. The van der Waals surface area contributed by atoms with Gasteiger partial charge in [0.1, 0.15) is 0 Å². The highest BCUT2D eigenvalue weighted by Crippen LogP contribution is 2.12. The summed E-state index contributed by atoms with van der Waals surface area (Å²) in [6.07, 6.45) is 0. The van der Waals surface area contributed by atoms with Gasteiger partial charge in [-0.15, -0.1) is 0 Å². The highest BCUT2D eigenvalue weighted by atomic mass is 16.2. The topological polar surface area (TPSA) is 58.2 Å². The zero-order valence-corrected chi connectivity index (χ0v) is 12.6. The van der Waals surface area contributed by atoms with Crippen molar-refractivity contribution in [3.63, 3.8) is 0 Å². The van der Waals surface area contributed by atoms with Crippen LogP contribution in [0.1, 0.15) is 24.0 Å². The Morgan fingerprint density at radius 2 is 1.41 bits per heavy atom. The van der Waals surface area contributed by atoms with E-state index < -0.39 is 11.8 Å². The van der Waals surface area contributed by atoms with Gasteiger partial charge < -0.3 is 10.6 Å². The van der Waals surface area contributed by atoms with E-state index in [4.69, 9.17) is 0 Å². The molecule has 0 radical (unpaired) electrons. The molecule has 0 heterocycles. The number of benzene rings is 2. The number of hydrogen-bond acceptors (Lipinski definition) is 2. The van der Waals surface area contributed by atoms with Gasteiger partial charge in [0.2, 0.25) is 0 Å². The fourth-order valence-electron chi connectivity index (χ4n) is 2.08. The third-order valence-corrected chi connectivity index (χ3v) is 3.44. The monoisotopic (exact) mass is 296 g/mol. The molecule has 2 amide bonds. The fraction of sp³-hybridized carbons (Fsp3) is 0.222. The lowest BCUT2D eigenvalue weighted by molar-refractivity contribution is -0.139. The van der Waals surface area contributed by atoms with Crippen molar-refractivity contribution in [3.8, 4) is 0 Å². The van der Waals surface area contributed by atoms with Gasteiger partial charge in [0.25, 0.3) is 0 Å². The summed E-state index contributed by atoms with van der Waals surface area (Å²) < 4.78 is 0. The summed E-state index contributed by atoms with van der Waals surface area (Å²) in [4.78, 5) is 23.5. The van der Waals surface area contributed by atoms with Crippen LogP contribution in [0.2, 0.25) is 0 Å². The van der Waals surface area contributed by atoms with Crippen LogP contribution in [0, 0.1) is 0 Å². The molecular weight excluding hydrogens is 276 g/mol. The van der Waals surface area contributed by atoms with Gasteiger partial charge in [0.05, 0.1) is 0 Å². The van der Waals surface area contributed by atoms with E-state index in [0.29, 0.717) is 13.1 Å². The molecule has 0 bridgehead atoms. The normalized spacial score (nSPS) is 11.5. The number of rotatable bonds is 5. The van der Waals surface area contributed by atoms with Crippen molar-refractivity contribution in [2.45, 2.75) is 19.4 Å². The largest absolute Gasteiger partial charge is 0.347 e. The van der Waals surface area contributed by atoms with Gasteiger partial charge >= 0.3 is 11.8 Å². The lowest BCUT2D eigenvalue weighted by Crippen LogP contribution is -2.40. The van der Waals surface area contributed by atoms with Crippen molar-refractivity contribution in [2.75, 3.05) is 6.54 Å². The first kappa shape index (κ1) is 15.8. The van der Waals surface area contributed by atoms with Crippen LogP contribution in [0.25, 0.3) is 0 Å². The maximum Gasteiger partial charge on any atom is 0.309 e.